The molecule has 1 aromatic heterocycles. The SMILES string of the molecule is O=C(Cc1ccccc1)Cc1nc2n(n1)[C@H](c1ccccc1)C[C@@H]2F. The minimum atomic E-state index is -1.14. The number of ketones is 1. The molecule has 2 aromatic carbocycles. The van der Waals surface area contributed by atoms with Gasteiger partial charge in [0.2, 0.25) is 0 Å². The number of aromatic nitrogens is 3. The third kappa shape index (κ3) is 3.22. The van der Waals surface area contributed by atoms with Crippen molar-refractivity contribution in [3.63, 3.8) is 0 Å². The van der Waals surface area contributed by atoms with Crippen molar-refractivity contribution >= 4 is 5.78 Å². The maximum absolute atomic E-state index is 14.3. The standard InChI is InChI=1S/C20H18FN3O/c21-17-13-18(15-9-5-2-6-10-15)24-20(17)22-19(23-24)12-16(25)11-14-7-3-1-4-8-14/h1-10,17-18H,11-13H2/t17-,18-/m0/s1. The first-order valence-corrected chi connectivity index (χ1v) is 8.40. The van der Waals surface area contributed by atoms with Gasteiger partial charge in [0, 0.05) is 12.8 Å². The van der Waals surface area contributed by atoms with E-state index in [1.54, 1.807) is 4.68 Å². The van der Waals surface area contributed by atoms with E-state index >= 15 is 0 Å². The molecule has 1 aliphatic rings. The van der Waals surface area contributed by atoms with Crippen LogP contribution in [0.15, 0.2) is 60.7 Å². The minimum absolute atomic E-state index is 0.0298. The lowest BCUT2D eigenvalue weighted by Gasteiger charge is -2.11. The number of rotatable bonds is 5. The molecule has 3 aromatic rings. The van der Waals surface area contributed by atoms with Crippen LogP contribution in [0, 0.1) is 0 Å². The number of fused-ring (bicyclic) bond motifs is 1. The zero-order chi connectivity index (χ0) is 17.2. The van der Waals surface area contributed by atoms with Crippen molar-refractivity contribution in [2.24, 2.45) is 0 Å². The number of alkyl halides is 1. The van der Waals surface area contributed by atoms with Crippen LogP contribution in [0.25, 0.3) is 0 Å². The summed E-state index contributed by atoms with van der Waals surface area (Å²) in [6, 6.07) is 19.1. The quantitative estimate of drug-likeness (QED) is 0.715. The molecule has 0 aliphatic carbocycles. The van der Waals surface area contributed by atoms with Gasteiger partial charge in [0.05, 0.1) is 12.5 Å². The molecule has 0 spiro atoms. The second-order valence-electron chi connectivity index (χ2n) is 6.34. The van der Waals surface area contributed by atoms with E-state index in [-0.39, 0.29) is 18.2 Å². The molecule has 0 radical (unpaired) electrons. The normalized spacial score (nSPS) is 18.9. The van der Waals surface area contributed by atoms with Crippen molar-refractivity contribution in [2.75, 3.05) is 0 Å². The van der Waals surface area contributed by atoms with Crippen molar-refractivity contribution < 1.29 is 9.18 Å². The first kappa shape index (κ1) is 15.7. The molecule has 4 nitrogen and oxygen atoms in total. The van der Waals surface area contributed by atoms with E-state index in [9.17, 15) is 9.18 Å². The van der Waals surface area contributed by atoms with Crippen molar-refractivity contribution in [1.82, 2.24) is 14.8 Å². The number of nitrogens with zero attached hydrogens (tertiary/aromatic N) is 3. The average molecular weight is 335 g/mol. The molecule has 4 rings (SSSR count). The molecule has 0 bridgehead atoms. The summed E-state index contributed by atoms with van der Waals surface area (Å²) in [6.07, 6.45) is -0.331. The molecular weight excluding hydrogens is 317 g/mol. The van der Waals surface area contributed by atoms with Crippen LogP contribution in [0.1, 0.15) is 41.4 Å². The van der Waals surface area contributed by atoms with E-state index in [1.807, 2.05) is 60.7 Å². The van der Waals surface area contributed by atoms with Gasteiger partial charge in [-0.05, 0) is 11.1 Å². The summed E-state index contributed by atoms with van der Waals surface area (Å²) in [7, 11) is 0. The van der Waals surface area contributed by atoms with Crippen LogP contribution < -0.4 is 0 Å². The summed E-state index contributed by atoms with van der Waals surface area (Å²) in [5.41, 5.74) is 1.97. The van der Waals surface area contributed by atoms with Crippen LogP contribution in [-0.2, 0) is 17.6 Å². The van der Waals surface area contributed by atoms with Crippen LogP contribution in [-0.4, -0.2) is 20.5 Å². The van der Waals surface area contributed by atoms with Crippen LogP contribution in [0.5, 0.6) is 0 Å². The van der Waals surface area contributed by atoms with Gasteiger partial charge in [0.25, 0.3) is 0 Å². The average Bonchev–Trinajstić information content (AvgIpc) is 3.16. The molecular formula is C20H18FN3O. The molecule has 0 amide bonds. The number of carbonyl (C=O) groups is 1. The Morgan fingerprint density at radius 1 is 1.04 bits per heavy atom. The lowest BCUT2D eigenvalue weighted by molar-refractivity contribution is -0.117. The van der Waals surface area contributed by atoms with Gasteiger partial charge in [-0.2, -0.15) is 5.10 Å². The Kier molecular flexibility index (Phi) is 4.14. The van der Waals surface area contributed by atoms with Gasteiger partial charge < -0.3 is 0 Å². The molecule has 5 heteroatoms. The smallest absolute Gasteiger partial charge is 0.162 e. The summed E-state index contributed by atoms with van der Waals surface area (Å²) >= 11 is 0. The fourth-order valence-electron chi connectivity index (χ4n) is 3.32. The van der Waals surface area contributed by atoms with Crippen molar-refractivity contribution in [2.45, 2.75) is 31.5 Å². The number of halogens is 1. The molecule has 126 valence electrons. The highest BCUT2D eigenvalue weighted by Gasteiger charge is 2.35. The molecule has 0 unspecified atom stereocenters. The van der Waals surface area contributed by atoms with E-state index in [1.165, 1.54) is 0 Å². The Bertz CT molecular complexity index is 876. The third-order valence-electron chi connectivity index (χ3n) is 4.49. The molecule has 0 saturated carbocycles. The van der Waals surface area contributed by atoms with Crippen LogP contribution >= 0.6 is 0 Å². The third-order valence-corrected chi connectivity index (χ3v) is 4.49. The van der Waals surface area contributed by atoms with Crippen LogP contribution in [0.2, 0.25) is 0 Å². The second-order valence-corrected chi connectivity index (χ2v) is 6.34. The minimum Gasteiger partial charge on any atom is -0.299 e. The number of Topliss-reactive ketones (excluding diaryl/α,β-unsaturated/α-hetero) is 1. The van der Waals surface area contributed by atoms with Crippen molar-refractivity contribution in [3.05, 3.63) is 83.4 Å². The molecule has 0 N–H and O–H groups in total. The highest BCUT2D eigenvalue weighted by Crippen LogP contribution is 2.39. The largest absolute Gasteiger partial charge is 0.299 e. The fourth-order valence-corrected chi connectivity index (χ4v) is 3.32. The highest BCUT2D eigenvalue weighted by atomic mass is 19.1. The lowest BCUT2D eigenvalue weighted by Crippen LogP contribution is -2.11. The van der Waals surface area contributed by atoms with Crippen molar-refractivity contribution in [1.29, 1.82) is 0 Å². The van der Waals surface area contributed by atoms with E-state index in [4.69, 9.17) is 0 Å². The number of hydrogen-bond acceptors (Lipinski definition) is 3. The highest BCUT2D eigenvalue weighted by molar-refractivity contribution is 5.82. The second kappa shape index (κ2) is 6.59. The Morgan fingerprint density at radius 3 is 2.44 bits per heavy atom. The number of hydrogen-bond donors (Lipinski definition) is 0. The molecule has 0 saturated heterocycles. The summed E-state index contributed by atoms with van der Waals surface area (Å²) in [5.74, 6) is 0.762. The first-order chi connectivity index (χ1) is 12.2. The van der Waals surface area contributed by atoms with E-state index in [0.717, 1.165) is 11.1 Å². The molecule has 2 atom stereocenters. The Hall–Kier alpha value is -2.82. The predicted molar refractivity (Wildman–Crippen MR) is 91.9 cm³/mol. The first-order valence-electron chi connectivity index (χ1n) is 8.40. The molecule has 25 heavy (non-hydrogen) atoms. The van der Waals surface area contributed by atoms with Gasteiger partial charge in [-0.1, -0.05) is 60.7 Å². The number of carbonyl (C=O) groups excluding carboxylic acids is 1. The Morgan fingerprint density at radius 2 is 1.72 bits per heavy atom. The van der Waals surface area contributed by atoms with Gasteiger partial charge in [-0.15, -0.1) is 0 Å². The summed E-state index contributed by atoms with van der Waals surface area (Å²) in [6.45, 7) is 0. The van der Waals surface area contributed by atoms with Crippen LogP contribution in [0.4, 0.5) is 4.39 Å². The molecule has 1 aliphatic heterocycles. The molecule has 0 fully saturated rings. The summed E-state index contributed by atoms with van der Waals surface area (Å²) in [4.78, 5) is 16.5. The van der Waals surface area contributed by atoms with E-state index in [2.05, 4.69) is 10.1 Å². The maximum Gasteiger partial charge on any atom is 0.162 e. The number of benzene rings is 2. The van der Waals surface area contributed by atoms with Gasteiger partial charge >= 0.3 is 0 Å². The van der Waals surface area contributed by atoms with Crippen molar-refractivity contribution in [3.8, 4) is 0 Å². The zero-order valence-corrected chi connectivity index (χ0v) is 13.7. The Balaban J connectivity index is 1.52. The predicted octanol–water partition coefficient (Wildman–Crippen LogP) is 3.64. The van der Waals surface area contributed by atoms with Gasteiger partial charge in [0.1, 0.15) is 5.78 Å². The topological polar surface area (TPSA) is 47.8 Å². The Labute approximate surface area is 145 Å². The maximum atomic E-state index is 14.3. The summed E-state index contributed by atoms with van der Waals surface area (Å²) < 4.78 is 16.0. The lowest BCUT2D eigenvalue weighted by atomic mass is 10.0. The van der Waals surface area contributed by atoms with E-state index in [0.29, 0.717) is 24.5 Å². The van der Waals surface area contributed by atoms with Crippen LogP contribution in [0.3, 0.4) is 0 Å². The van der Waals surface area contributed by atoms with Gasteiger partial charge in [-0.25, -0.2) is 14.1 Å². The van der Waals surface area contributed by atoms with Gasteiger partial charge in [-0.3, -0.25) is 4.79 Å². The summed E-state index contributed by atoms with van der Waals surface area (Å²) in [5, 5.41) is 4.43. The monoisotopic (exact) mass is 335 g/mol. The fraction of sp³-hybridized carbons (Fsp3) is 0.250. The van der Waals surface area contributed by atoms with Gasteiger partial charge in [0.15, 0.2) is 17.8 Å². The zero-order valence-electron chi connectivity index (χ0n) is 13.7. The molecule has 2 heterocycles. The van der Waals surface area contributed by atoms with E-state index < -0.39 is 6.17 Å².